The molecule has 0 bridgehead atoms. The molecule has 0 aromatic carbocycles. The highest BCUT2D eigenvalue weighted by Gasteiger charge is 2.37. The molecule has 9 nitrogen and oxygen atoms in total. The number of ether oxygens (including phenoxy) is 2. The molecule has 0 amide bonds. The first-order chi connectivity index (χ1) is 16.4. The summed E-state index contributed by atoms with van der Waals surface area (Å²) in [5.41, 5.74) is 1.35. The van der Waals surface area contributed by atoms with Gasteiger partial charge in [-0.25, -0.2) is 19.9 Å². The van der Waals surface area contributed by atoms with E-state index in [9.17, 15) is 13.2 Å². The first-order valence-electron chi connectivity index (χ1n) is 11.0. The minimum Gasteiger partial charge on any atom is -0.481 e. The quantitative estimate of drug-likeness (QED) is 0.722. The molecule has 0 unspecified atom stereocenters. The highest BCUT2D eigenvalue weighted by atomic mass is 19.4. The number of alkyl halides is 3. The fraction of sp³-hybridized carbons (Fsp3) is 0.455. The van der Waals surface area contributed by atoms with Gasteiger partial charge in [0.15, 0.2) is 0 Å². The maximum atomic E-state index is 13.5. The predicted octanol–water partition coefficient (Wildman–Crippen LogP) is 2.62. The van der Waals surface area contributed by atoms with Crippen molar-refractivity contribution >= 4 is 17.5 Å². The Kier molecular flexibility index (Phi) is 5.88. The summed E-state index contributed by atoms with van der Waals surface area (Å²) in [6, 6.07) is 2.86. The van der Waals surface area contributed by atoms with E-state index in [0.717, 1.165) is 30.3 Å². The Hall–Kier alpha value is -3.57. The molecular formula is C22H24F3N7O2. The molecule has 1 saturated heterocycles. The van der Waals surface area contributed by atoms with E-state index in [-0.39, 0.29) is 6.10 Å². The monoisotopic (exact) mass is 475 g/mol. The Bertz CT molecular complexity index is 1110. The van der Waals surface area contributed by atoms with Crippen LogP contribution in [-0.4, -0.2) is 66.9 Å². The molecule has 12 heteroatoms. The molecule has 0 saturated carbocycles. The van der Waals surface area contributed by atoms with Crippen LogP contribution in [0, 0.1) is 0 Å². The van der Waals surface area contributed by atoms with Crippen molar-refractivity contribution < 1.29 is 22.6 Å². The highest BCUT2D eigenvalue weighted by Crippen LogP contribution is 2.38. The number of aliphatic imine (C=N–C) groups is 1. The van der Waals surface area contributed by atoms with E-state index >= 15 is 0 Å². The summed E-state index contributed by atoms with van der Waals surface area (Å²) < 4.78 is 51.6. The van der Waals surface area contributed by atoms with E-state index in [0.29, 0.717) is 50.3 Å². The zero-order valence-corrected chi connectivity index (χ0v) is 18.5. The van der Waals surface area contributed by atoms with Gasteiger partial charge >= 0.3 is 6.18 Å². The minimum absolute atomic E-state index is 0.0794. The van der Waals surface area contributed by atoms with Crippen molar-refractivity contribution in [3.8, 4) is 5.88 Å². The van der Waals surface area contributed by atoms with Gasteiger partial charge in [0.05, 0.1) is 37.7 Å². The van der Waals surface area contributed by atoms with Gasteiger partial charge in [0.25, 0.3) is 0 Å². The number of rotatable bonds is 4. The molecule has 3 aliphatic heterocycles. The van der Waals surface area contributed by atoms with E-state index in [1.165, 1.54) is 13.3 Å². The molecule has 1 N–H and O–H groups in total. The first kappa shape index (κ1) is 22.2. The number of anilines is 2. The summed E-state index contributed by atoms with van der Waals surface area (Å²) in [7, 11) is 1.18. The maximum absolute atomic E-state index is 13.5. The van der Waals surface area contributed by atoms with Crippen LogP contribution in [0.4, 0.5) is 24.8 Å². The lowest BCUT2D eigenvalue weighted by atomic mass is 10.0. The van der Waals surface area contributed by atoms with E-state index < -0.39 is 17.6 Å². The lowest BCUT2D eigenvalue weighted by Gasteiger charge is -2.35. The van der Waals surface area contributed by atoms with Gasteiger partial charge < -0.3 is 24.6 Å². The van der Waals surface area contributed by atoms with Crippen LogP contribution in [0.15, 0.2) is 47.0 Å². The van der Waals surface area contributed by atoms with Crippen LogP contribution in [0.5, 0.6) is 5.88 Å². The summed E-state index contributed by atoms with van der Waals surface area (Å²) in [5.74, 6) is 0.764. The maximum Gasteiger partial charge on any atom is 0.421 e. The predicted molar refractivity (Wildman–Crippen MR) is 119 cm³/mol. The van der Waals surface area contributed by atoms with Gasteiger partial charge in [-0.2, -0.15) is 13.2 Å². The first-order valence-corrected chi connectivity index (χ1v) is 11.0. The molecule has 3 aliphatic rings. The molecule has 2 aromatic rings. The van der Waals surface area contributed by atoms with Gasteiger partial charge in [0, 0.05) is 44.0 Å². The van der Waals surface area contributed by atoms with E-state index in [2.05, 4.69) is 30.2 Å². The number of hydrogen-bond acceptors (Lipinski definition) is 9. The number of halogens is 3. The van der Waals surface area contributed by atoms with Crippen LogP contribution in [0.25, 0.3) is 0 Å². The van der Waals surface area contributed by atoms with E-state index in [4.69, 9.17) is 9.47 Å². The van der Waals surface area contributed by atoms with Gasteiger partial charge in [-0.15, -0.1) is 0 Å². The largest absolute Gasteiger partial charge is 0.481 e. The van der Waals surface area contributed by atoms with Crippen molar-refractivity contribution in [3.05, 3.63) is 47.6 Å². The number of nitrogens with zero attached hydrogens (tertiary/aromatic N) is 6. The fourth-order valence-corrected chi connectivity index (χ4v) is 4.38. The molecule has 5 heterocycles. The van der Waals surface area contributed by atoms with Gasteiger partial charge in [0.1, 0.15) is 18.3 Å². The Morgan fingerprint density at radius 2 is 1.94 bits per heavy atom. The Balaban J connectivity index is 1.31. The molecule has 1 atom stereocenters. The molecular weight excluding hydrogens is 451 g/mol. The molecule has 5 rings (SSSR count). The third-order valence-electron chi connectivity index (χ3n) is 6.08. The van der Waals surface area contributed by atoms with Crippen LogP contribution in [0.1, 0.15) is 18.4 Å². The van der Waals surface area contributed by atoms with Crippen LogP contribution >= 0.6 is 0 Å². The van der Waals surface area contributed by atoms with Crippen LogP contribution < -0.4 is 19.9 Å². The molecule has 0 radical (unpaired) electrons. The summed E-state index contributed by atoms with van der Waals surface area (Å²) in [6.07, 6.45) is 1.62. The smallest absolute Gasteiger partial charge is 0.421 e. The number of pyridine rings is 1. The van der Waals surface area contributed by atoms with E-state index in [1.807, 2.05) is 4.90 Å². The molecule has 1 fully saturated rings. The second-order valence-corrected chi connectivity index (χ2v) is 8.20. The van der Waals surface area contributed by atoms with E-state index in [1.54, 1.807) is 18.5 Å². The summed E-state index contributed by atoms with van der Waals surface area (Å²) in [6.45, 7) is 2.74. The molecule has 34 heavy (non-hydrogen) atoms. The Labute approximate surface area is 194 Å². The van der Waals surface area contributed by atoms with Crippen molar-refractivity contribution in [2.75, 3.05) is 49.8 Å². The fourth-order valence-electron chi connectivity index (χ4n) is 4.38. The van der Waals surface area contributed by atoms with Gasteiger partial charge in [-0.1, -0.05) is 0 Å². The number of aromatic nitrogens is 3. The van der Waals surface area contributed by atoms with Gasteiger partial charge in [-0.05, 0) is 12.1 Å². The minimum atomic E-state index is -4.56. The lowest BCUT2D eigenvalue weighted by Crippen LogP contribution is -2.41. The Morgan fingerprint density at radius 1 is 1.12 bits per heavy atom. The summed E-state index contributed by atoms with van der Waals surface area (Å²) in [5, 5.41) is 3.28. The van der Waals surface area contributed by atoms with Crippen molar-refractivity contribution in [1.29, 1.82) is 0 Å². The third-order valence-corrected chi connectivity index (χ3v) is 6.08. The molecule has 180 valence electrons. The van der Waals surface area contributed by atoms with Crippen molar-refractivity contribution in [1.82, 2.24) is 20.3 Å². The number of nitrogens with one attached hydrogen (secondary N) is 1. The highest BCUT2D eigenvalue weighted by molar-refractivity contribution is 5.96. The van der Waals surface area contributed by atoms with Gasteiger partial charge in [0.2, 0.25) is 17.7 Å². The van der Waals surface area contributed by atoms with Gasteiger partial charge in [-0.3, -0.25) is 0 Å². The average molecular weight is 475 g/mol. The summed E-state index contributed by atoms with van der Waals surface area (Å²) in [4.78, 5) is 20.9. The van der Waals surface area contributed by atoms with Crippen molar-refractivity contribution in [2.24, 2.45) is 4.99 Å². The summed E-state index contributed by atoms with van der Waals surface area (Å²) >= 11 is 0. The van der Waals surface area contributed by atoms with Crippen molar-refractivity contribution in [3.63, 3.8) is 0 Å². The lowest BCUT2D eigenvalue weighted by molar-refractivity contribution is -0.139. The van der Waals surface area contributed by atoms with Crippen LogP contribution in [0.2, 0.25) is 0 Å². The van der Waals surface area contributed by atoms with Crippen molar-refractivity contribution in [2.45, 2.75) is 25.1 Å². The number of methoxy groups -OCH3 is 1. The van der Waals surface area contributed by atoms with Crippen LogP contribution in [-0.2, 0) is 10.9 Å². The Morgan fingerprint density at radius 3 is 2.71 bits per heavy atom. The average Bonchev–Trinajstić information content (AvgIpc) is 3.32. The second kappa shape index (κ2) is 8.99. The van der Waals surface area contributed by atoms with Crippen LogP contribution in [0.3, 0.4) is 0 Å². The SMILES string of the molecule is COc1ncc(N2CCC3=C(C2)C(O[C@H]2CCN(c4ncccn4)C2)=NCN3)cc1C(F)(F)F. The number of hydrogen-bond donors (Lipinski definition) is 1. The molecule has 0 aliphatic carbocycles. The second-order valence-electron chi connectivity index (χ2n) is 8.20. The zero-order valence-electron chi connectivity index (χ0n) is 18.5. The normalized spacial score (nSPS) is 20.6. The third kappa shape index (κ3) is 4.44. The zero-order chi connectivity index (χ0) is 23.7. The topological polar surface area (TPSA) is 88.0 Å². The molecule has 0 spiro atoms. The molecule has 2 aromatic heterocycles. The standard InChI is InChI=1S/C22H24F3N7O2/c1-33-20-17(22(23,24)25)9-14(10-28-20)31-8-4-18-16(12-31)19(30-13-29-18)34-15-3-7-32(11-15)21-26-5-2-6-27-21/h2,5-6,9-10,15,29H,3-4,7-8,11-13H2,1H3/t15-/m0/s1.